The third-order valence-electron chi connectivity index (χ3n) is 5.29. The van der Waals surface area contributed by atoms with Crippen LogP contribution in [-0.2, 0) is 19.2 Å². The van der Waals surface area contributed by atoms with Crippen molar-refractivity contribution in [3.05, 3.63) is 0 Å². The Hall–Kier alpha value is -2.16. The topological polar surface area (TPSA) is 153 Å². The van der Waals surface area contributed by atoms with Crippen LogP contribution in [0.15, 0.2) is 0 Å². The second kappa shape index (κ2) is 23.0. The van der Waals surface area contributed by atoms with Crippen molar-refractivity contribution < 1.29 is 24.3 Å². The third kappa shape index (κ3) is 24.3. The van der Waals surface area contributed by atoms with Crippen LogP contribution in [0, 0.1) is 0 Å². The van der Waals surface area contributed by atoms with E-state index in [0.29, 0.717) is 51.9 Å². The van der Waals surface area contributed by atoms with Crippen molar-refractivity contribution in [3.63, 3.8) is 0 Å². The van der Waals surface area contributed by atoms with Crippen LogP contribution in [0.1, 0.15) is 103 Å². The average molecular weight is 470 g/mol. The highest BCUT2D eigenvalue weighted by atomic mass is 16.4. The number of amides is 3. The molecule has 5 N–H and O–H groups in total. The number of unbranched alkanes of at least 4 members (excludes halogenated alkanes) is 8. The molecule has 0 spiro atoms. The van der Waals surface area contributed by atoms with Crippen molar-refractivity contribution >= 4 is 23.7 Å². The van der Waals surface area contributed by atoms with Gasteiger partial charge >= 0.3 is 0 Å². The third-order valence-corrected chi connectivity index (χ3v) is 5.29. The number of hydrogen-bond acceptors (Lipinski definition) is 6. The van der Waals surface area contributed by atoms with Crippen LogP contribution in [0.25, 0.3) is 0 Å². The number of carboxylic acid groups (broad SMARTS) is 1. The lowest BCUT2D eigenvalue weighted by molar-refractivity contribution is -0.305. The van der Waals surface area contributed by atoms with E-state index in [0.717, 1.165) is 70.6 Å². The van der Waals surface area contributed by atoms with Crippen molar-refractivity contribution in [2.45, 2.75) is 103 Å². The van der Waals surface area contributed by atoms with Crippen LogP contribution in [0.3, 0.4) is 0 Å². The van der Waals surface area contributed by atoms with Crippen LogP contribution in [0.4, 0.5) is 0 Å². The number of aliphatic carboxylic acids is 1. The van der Waals surface area contributed by atoms with E-state index in [2.05, 4.69) is 16.0 Å². The number of nitrogens with two attached hydrogens (primary N) is 1. The van der Waals surface area contributed by atoms with Gasteiger partial charge in [-0.15, -0.1) is 0 Å². The molecule has 0 rings (SSSR count). The zero-order valence-corrected chi connectivity index (χ0v) is 20.3. The van der Waals surface area contributed by atoms with Gasteiger partial charge in [0.15, 0.2) is 0 Å². The molecule has 0 aromatic carbocycles. The normalized spacial score (nSPS) is 10.6. The van der Waals surface area contributed by atoms with E-state index in [1.54, 1.807) is 0 Å². The van der Waals surface area contributed by atoms with Gasteiger partial charge in [0.05, 0.1) is 0 Å². The van der Waals surface area contributed by atoms with Gasteiger partial charge in [-0.25, -0.2) is 0 Å². The summed E-state index contributed by atoms with van der Waals surface area (Å²) in [5.41, 5.74) is 5.42. The zero-order chi connectivity index (χ0) is 24.6. The molecule has 3 amide bonds. The second-order valence-electron chi connectivity index (χ2n) is 8.45. The highest BCUT2D eigenvalue weighted by molar-refractivity contribution is 5.76. The Bertz CT molecular complexity index is 543. The van der Waals surface area contributed by atoms with Crippen LogP contribution in [0.5, 0.6) is 0 Å². The van der Waals surface area contributed by atoms with Crippen molar-refractivity contribution in [1.29, 1.82) is 0 Å². The van der Waals surface area contributed by atoms with Gasteiger partial charge in [0, 0.05) is 44.9 Å². The smallest absolute Gasteiger partial charge is 0.219 e. The number of carboxylic acids is 1. The first-order chi connectivity index (χ1) is 16.0. The molecule has 0 unspecified atom stereocenters. The molecular formula is C24H45N4O5-. The largest absolute Gasteiger partial charge is 0.550 e. The number of carbonyl (C=O) groups excluding carboxylic acids is 4. The molecule has 0 aliphatic rings. The fourth-order valence-electron chi connectivity index (χ4n) is 3.30. The van der Waals surface area contributed by atoms with E-state index in [9.17, 15) is 24.3 Å². The lowest BCUT2D eigenvalue weighted by Gasteiger charge is -2.07. The molecule has 0 heterocycles. The molecule has 0 saturated heterocycles. The highest BCUT2D eigenvalue weighted by Crippen LogP contribution is 2.03. The summed E-state index contributed by atoms with van der Waals surface area (Å²) in [6.07, 6.45) is 11.7. The highest BCUT2D eigenvalue weighted by Gasteiger charge is 2.04. The van der Waals surface area contributed by atoms with E-state index in [-0.39, 0.29) is 24.1 Å². The summed E-state index contributed by atoms with van der Waals surface area (Å²) in [7, 11) is 0. The Morgan fingerprint density at radius 3 is 1.15 bits per heavy atom. The van der Waals surface area contributed by atoms with Gasteiger partial charge in [0.25, 0.3) is 0 Å². The SMILES string of the molecule is NCCCCCC(=O)NCCCCCC(=O)NCCCCCC(=O)NCCCCCC(=O)[O-]. The minimum atomic E-state index is -1.03. The Morgan fingerprint density at radius 2 is 0.818 bits per heavy atom. The molecular weight excluding hydrogens is 424 g/mol. The number of nitrogens with one attached hydrogen (secondary N) is 3. The van der Waals surface area contributed by atoms with Crippen molar-refractivity contribution in [3.8, 4) is 0 Å². The van der Waals surface area contributed by atoms with E-state index in [1.807, 2.05) is 0 Å². The molecule has 9 heteroatoms. The number of carbonyl (C=O) groups is 4. The molecule has 192 valence electrons. The first kappa shape index (κ1) is 30.8. The quantitative estimate of drug-likeness (QED) is 0.165. The van der Waals surface area contributed by atoms with E-state index >= 15 is 0 Å². The van der Waals surface area contributed by atoms with Gasteiger partial charge in [0.2, 0.25) is 17.7 Å². The molecule has 0 aliphatic heterocycles. The summed E-state index contributed by atoms with van der Waals surface area (Å²) in [4.78, 5) is 45.5. The lowest BCUT2D eigenvalue weighted by atomic mass is 10.1. The number of hydrogen-bond donors (Lipinski definition) is 4. The van der Waals surface area contributed by atoms with Crippen LogP contribution >= 0.6 is 0 Å². The van der Waals surface area contributed by atoms with Gasteiger partial charge in [-0.05, 0) is 64.3 Å². The standard InChI is InChI=1S/C24H46N4O5/c25-17-9-1-5-13-21(29)26-18-10-2-6-14-22(30)27-19-11-3-7-15-23(31)28-20-12-4-8-16-24(32)33/h1-20,25H2,(H,26,29)(H,27,30)(H,28,31)(H,32,33)/p-1. The minimum absolute atomic E-state index is 0.0155. The predicted octanol–water partition coefficient (Wildman–Crippen LogP) is 1.29. The fourth-order valence-corrected chi connectivity index (χ4v) is 3.30. The van der Waals surface area contributed by atoms with Gasteiger partial charge in [0.1, 0.15) is 0 Å². The molecule has 0 radical (unpaired) electrons. The van der Waals surface area contributed by atoms with Crippen LogP contribution in [0.2, 0.25) is 0 Å². The second-order valence-corrected chi connectivity index (χ2v) is 8.45. The molecule has 0 aliphatic carbocycles. The summed E-state index contributed by atoms with van der Waals surface area (Å²) in [6, 6.07) is 0. The summed E-state index contributed by atoms with van der Waals surface area (Å²) >= 11 is 0. The van der Waals surface area contributed by atoms with E-state index in [1.165, 1.54) is 0 Å². The average Bonchev–Trinajstić information content (AvgIpc) is 2.78. The maximum absolute atomic E-state index is 11.8. The van der Waals surface area contributed by atoms with Crippen molar-refractivity contribution in [2.75, 3.05) is 26.2 Å². The minimum Gasteiger partial charge on any atom is -0.550 e. The molecule has 0 saturated carbocycles. The zero-order valence-electron chi connectivity index (χ0n) is 20.3. The molecule has 0 fully saturated rings. The van der Waals surface area contributed by atoms with E-state index in [4.69, 9.17) is 5.73 Å². The molecule has 0 bridgehead atoms. The Morgan fingerprint density at radius 1 is 0.485 bits per heavy atom. The molecule has 9 nitrogen and oxygen atoms in total. The first-order valence-electron chi connectivity index (χ1n) is 12.7. The van der Waals surface area contributed by atoms with Crippen LogP contribution < -0.4 is 26.8 Å². The van der Waals surface area contributed by atoms with Gasteiger partial charge < -0.3 is 31.6 Å². The van der Waals surface area contributed by atoms with Gasteiger partial charge in [-0.1, -0.05) is 25.7 Å². The Balaban J connectivity index is 3.38. The Kier molecular flexibility index (Phi) is 21.5. The molecule has 0 atom stereocenters. The van der Waals surface area contributed by atoms with Crippen LogP contribution in [-0.4, -0.2) is 49.9 Å². The number of rotatable bonds is 23. The van der Waals surface area contributed by atoms with Gasteiger partial charge in [-0.2, -0.15) is 0 Å². The predicted molar refractivity (Wildman–Crippen MR) is 127 cm³/mol. The molecule has 0 aromatic rings. The van der Waals surface area contributed by atoms with Gasteiger partial charge in [-0.3, -0.25) is 14.4 Å². The monoisotopic (exact) mass is 469 g/mol. The molecule has 0 aromatic heterocycles. The summed E-state index contributed by atoms with van der Waals surface area (Å²) < 4.78 is 0. The van der Waals surface area contributed by atoms with Crippen molar-refractivity contribution in [2.24, 2.45) is 5.73 Å². The maximum atomic E-state index is 11.8. The van der Waals surface area contributed by atoms with E-state index < -0.39 is 5.97 Å². The summed E-state index contributed by atoms with van der Waals surface area (Å²) in [5, 5.41) is 19.0. The summed E-state index contributed by atoms with van der Waals surface area (Å²) in [6.45, 7) is 2.53. The summed E-state index contributed by atoms with van der Waals surface area (Å²) in [5.74, 6) is -0.872. The Labute approximate surface area is 199 Å². The first-order valence-corrected chi connectivity index (χ1v) is 12.7. The maximum Gasteiger partial charge on any atom is 0.219 e. The molecule has 33 heavy (non-hydrogen) atoms. The fraction of sp³-hybridized carbons (Fsp3) is 0.833. The van der Waals surface area contributed by atoms with Crippen molar-refractivity contribution in [1.82, 2.24) is 16.0 Å². The lowest BCUT2D eigenvalue weighted by Crippen LogP contribution is -2.25.